The highest BCUT2D eigenvalue weighted by Gasteiger charge is 2.31. The SMILES string of the molecule is COc1ccc(/C=C/C(=O)NCCCN2CCC(N(C)C3CCCCC3C)CC2)cc1. The third-order valence-corrected chi connectivity index (χ3v) is 7.22. The second-order valence-corrected chi connectivity index (χ2v) is 9.32. The van der Waals surface area contributed by atoms with E-state index in [0.29, 0.717) is 0 Å². The summed E-state index contributed by atoms with van der Waals surface area (Å²) in [6.45, 7) is 6.60. The average molecular weight is 428 g/mol. The highest BCUT2D eigenvalue weighted by molar-refractivity contribution is 5.91. The molecule has 1 aromatic carbocycles. The molecule has 2 aliphatic rings. The summed E-state index contributed by atoms with van der Waals surface area (Å²) < 4.78 is 5.15. The molecule has 31 heavy (non-hydrogen) atoms. The van der Waals surface area contributed by atoms with Gasteiger partial charge < -0.3 is 19.9 Å². The summed E-state index contributed by atoms with van der Waals surface area (Å²) in [6.07, 6.45) is 12.6. The molecule has 5 nitrogen and oxygen atoms in total. The molecule has 2 unspecified atom stereocenters. The maximum atomic E-state index is 12.0. The first kappa shape index (κ1) is 23.8. The minimum Gasteiger partial charge on any atom is -0.497 e. The summed E-state index contributed by atoms with van der Waals surface area (Å²) in [5.74, 6) is 1.64. The van der Waals surface area contributed by atoms with Crippen molar-refractivity contribution < 1.29 is 9.53 Å². The van der Waals surface area contributed by atoms with E-state index in [0.717, 1.165) is 48.8 Å². The van der Waals surface area contributed by atoms with Gasteiger partial charge >= 0.3 is 0 Å². The third kappa shape index (κ3) is 7.36. The second-order valence-electron chi connectivity index (χ2n) is 9.32. The van der Waals surface area contributed by atoms with E-state index in [2.05, 4.69) is 29.1 Å². The van der Waals surface area contributed by atoms with Gasteiger partial charge in [0.2, 0.25) is 5.91 Å². The summed E-state index contributed by atoms with van der Waals surface area (Å²) in [6, 6.07) is 9.20. The van der Waals surface area contributed by atoms with Crippen molar-refractivity contribution in [1.29, 1.82) is 0 Å². The summed E-state index contributed by atoms with van der Waals surface area (Å²) in [5.41, 5.74) is 0.992. The quantitative estimate of drug-likeness (QED) is 0.474. The number of rotatable bonds is 9. The Hall–Kier alpha value is -1.85. The zero-order valence-corrected chi connectivity index (χ0v) is 19.7. The maximum absolute atomic E-state index is 12.0. The highest BCUT2D eigenvalue weighted by Crippen LogP contribution is 2.30. The predicted molar refractivity (Wildman–Crippen MR) is 128 cm³/mol. The molecule has 0 spiro atoms. The van der Waals surface area contributed by atoms with Crippen LogP contribution in [0.15, 0.2) is 30.3 Å². The number of amides is 1. The van der Waals surface area contributed by atoms with Crippen LogP contribution in [0.5, 0.6) is 5.75 Å². The van der Waals surface area contributed by atoms with Crippen molar-refractivity contribution in [1.82, 2.24) is 15.1 Å². The second kappa shape index (κ2) is 12.3. The summed E-state index contributed by atoms with van der Waals surface area (Å²) in [4.78, 5) is 17.3. The van der Waals surface area contributed by atoms with Gasteiger partial charge in [-0.25, -0.2) is 0 Å². The van der Waals surface area contributed by atoms with E-state index < -0.39 is 0 Å². The van der Waals surface area contributed by atoms with Crippen molar-refractivity contribution >= 4 is 12.0 Å². The van der Waals surface area contributed by atoms with E-state index in [1.165, 1.54) is 51.6 Å². The van der Waals surface area contributed by atoms with Crippen molar-refractivity contribution in [2.75, 3.05) is 40.3 Å². The summed E-state index contributed by atoms with van der Waals surface area (Å²) in [5, 5.41) is 3.00. The first-order valence-corrected chi connectivity index (χ1v) is 12.1. The normalized spacial score (nSPS) is 23.4. The van der Waals surface area contributed by atoms with Crippen LogP contribution in [0.1, 0.15) is 57.4 Å². The van der Waals surface area contributed by atoms with Gasteiger partial charge in [-0.15, -0.1) is 0 Å². The Morgan fingerprint density at radius 2 is 1.87 bits per heavy atom. The molecule has 2 atom stereocenters. The van der Waals surface area contributed by atoms with Gasteiger partial charge in [0.1, 0.15) is 5.75 Å². The van der Waals surface area contributed by atoms with Crippen LogP contribution in [-0.2, 0) is 4.79 Å². The zero-order chi connectivity index (χ0) is 22.1. The molecule has 5 heteroatoms. The molecule has 0 aromatic heterocycles. The van der Waals surface area contributed by atoms with Crippen molar-refractivity contribution in [3.05, 3.63) is 35.9 Å². The van der Waals surface area contributed by atoms with Crippen LogP contribution >= 0.6 is 0 Å². The number of benzene rings is 1. The van der Waals surface area contributed by atoms with Gasteiger partial charge in [-0.2, -0.15) is 0 Å². The molecule has 1 heterocycles. The first-order valence-electron chi connectivity index (χ1n) is 12.1. The van der Waals surface area contributed by atoms with Crippen LogP contribution in [0.25, 0.3) is 6.08 Å². The largest absolute Gasteiger partial charge is 0.497 e. The molecule has 1 aliphatic heterocycles. The Kier molecular flexibility index (Phi) is 9.41. The molecule has 1 aromatic rings. The van der Waals surface area contributed by atoms with Crippen LogP contribution in [0, 0.1) is 5.92 Å². The number of piperidine rings is 1. The summed E-state index contributed by atoms with van der Waals surface area (Å²) in [7, 11) is 4.01. The van der Waals surface area contributed by atoms with E-state index in [1.54, 1.807) is 13.2 Å². The minimum absolute atomic E-state index is 0.0299. The lowest BCUT2D eigenvalue weighted by molar-refractivity contribution is -0.116. The van der Waals surface area contributed by atoms with E-state index >= 15 is 0 Å². The van der Waals surface area contributed by atoms with Crippen LogP contribution < -0.4 is 10.1 Å². The van der Waals surface area contributed by atoms with Crippen LogP contribution in [0.2, 0.25) is 0 Å². The molecule has 0 radical (unpaired) electrons. The van der Waals surface area contributed by atoms with Crippen molar-refractivity contribution in [3.8, 4) is 5.75 Å². The fourth-order valence-corrected chi connectivity index (χ4v) is 5.18. The van der Waals surface area contributed by atoms with E-state index in [4.69, 9.17) is 4.74 Å². The van der Waals surface area contributed by atoms with Gasteiger partial charge in [-0.1, -0.05) is 31.9 Å². The summed E-state index contributed by atoms with van der Waals surface area (Å²) >= 11 is 0. The smallest absolute Gasteiger partial charge is 0.243 e. The molecule has 2 fully saturated rings. The maximum Gasteiger partial charge on any atom is 0.243 e. The fourth-order valence-electron chi connectivity index (χ4n) is 5.18. The lowest BCUT2D eigenvalue weighted by atomic mass is 9.84. The number of hydrogen-bond donors (Lipinski definition) is 1. The van der Waals surface area contributed by atoms with Gasteiger partial charge in [0.25, 0.3) is 0 Å². The molecular formula is C26H41N3O2. The molecule has 1 saturated carbocycles. The number of ether oxygens (including phenoxy) is 1. The number of carbonyl (C=O) groups excluding carboxylic acids is 1. The average Bonchev–Trinajstić information content (AvgIpc) is 2.81. The standard InChI is InChI=1S/C26H41N3O2/c1-21-7-4-5-8-25(21)28(2)23-15-19-29(20-16-23)18-6-17-27-26(30)14-11-22-9-12-24(31-3)13-10-22/h9-14,21,23,25H,4-8,15-20H2,1-3H3,(H,27,30)/b14-11+. The van der Waals surface area contributed by atoms with Crippen LogP contribution in [-0.4, -0.2) is 68.1 Å². The van der Waals surface area contributed by atoms with Crippen LogP contribution in [0.3, 0.4) is 0 Å². The molecule has 1 saturated heterocycles. The number of carbonyl (C=O) groups is 1. The predicted octanol–water partition coefficient (Wildman–Crippen LogP) is 4.19. The minimum atomic E-state index is -0.0299. The number of methoxy groups -OCH3 is 1. The molecule has 1 amide bonds. The van der Waals surface area contributed by atoms with Gasteiger partial charge in [0, 0.05) is 24.7 Å². The molecule has 3 rings (SSSR count). The van der Waals surface area contributed by atoms with E-state index in [-0.39, 0.29) is 5.91 Å². The number of nitrogens with zero attached hydrogens (tertiary/aromatic N) is 2. The molecule has 1 N–H and O–H groups in total. The Labute approximate surface area is 188 Å². The topological polar surface area (TPSA) is 44.8 Å². The first-order chi connectivity index (χ1) is 15.1. The molecule has 172 valence electrons. The van der Waals surface area contributed by atoms with Crippen molar-refractivity contribution in [3.63, 3.8) is 0 Å². The molecular weight excluding hydrogens is 386 g/mol. The molecule has 0 bridgehead atoms. The number of hydrogen-bond acceptors (Lipinski definition) is 4. The Morgan fingerprint density at radius 3 is 2.55 bits per heavy atom. The lowest BCUT2D eigenvalue weighted by Gasteiger charge is -2.44. The van der Waals surface area contributed by atoms with E-state index in [9.17, 15) is 4.79 Å². The third-order valence-electron chi connectivity index (χ3n) is 7.22. The van der Waals surface area contributed by atoms with Gasteiger partial charge in [-0.3, -0.25) is 4.79 Å². The lowest BCUT2D eigenvalue weighted by Crippen LogP contribution is -2.50. The van der Waals surface area contributed by atoms with Gasteiger partial charge in [0.05, 0.1) is 7.11 Å². The Balaban J connectivity index is 1.29. The number of nitrogens with one attached hydrogen (secondary N) is 1. The van der Waals surface area contributed by atoms with Gasteiger partial charge in [0.15, 0.2) is 0 Å². The molecule has 1 aliphatic carbocycles. The van der Waals surface area contributed by atoms with E-state index in [1.807, 2.05) is 30.3 Å². The Morgan fingerprint density at radius 1 is 1.16 bits per heavy atom. The van der Waals surface area contributed by atoms with Crippen LogP contribution in [0.4, 0.5) is 0 Å². The highest BCUT2D eigenvalue weighted by atomic mass is 16.5. The van der Waals surface area contributed by atoms with Crippen molar-refractivity contribution in [2.45, 2.75) is 64.0 Å². The van der Waals surface area contributed by atoms with Crippen molar-refractivity contribution in [2.24, 2.45) is 5.92 Å². The Bertz CT molecular complexity index is 695. The van der Waals surface area contributed by atoms with Gasteiger partial charge in [-0.05, 0) is 88.5 Å². The number of likely N-dealkylation sites (tertiary alicyclic amines) is 1. The fraction of sp³-hybridized carbons (Fsp3) is 0.654. The zero-order valence-electron chi connectivity index (χ0n) is 19.7. The monoisotopic (exact) mass is 427 g/mol.